The van der Waals surface area contributed by atoms with Crippen LogP contribution in [0.4, 0.5) is 5.69 Å². The van der Waals surface area contributed by atoms with Crippen LogP contribution in [0.2, 0.25) is 0 Å². The van der Waals surface area contributed by atoms with E-state index < -0.39 is 0 Å². The number of benzene rings is 2. The molecular formula is C30H41NO2. The maximum Gasteiger partial charge on any atom is 0.161 e. The molecule has 2 saturated carbocycles. The van der Waals surface area contributed by atoms with Crippen LogP contribution in [0.3, 0.4) is 0 Å². The molecule has 1 aliphatic heterocycles. The van der Waals surface area contributed by atoms with Gasteiger partial charge in [0, 0.05) is 24.8 Å². The first-order valence-electron chi connectivity index (χ1n) is 13.5. The summed E-state index contributed by atoms with van der Waals surface area (Å²) in [5.74, 6) is 3.29. The molecule has 0 aromatic heterocycles. The average Bonchev–Trinajstić information content (AvgIpc) is 2.87. The fourth-order valence-electron chi connectivity index (χ4n) is 6.21. The minimum atomic E-state index is 0.686. The van der Waals surface area contributed by atoms with Gasteiger partial charge in [0.15, 0.2) is 11.5 Å². The molecule has 0 N–H and O–H groups in total. The van der Waals surface area contributed by atoms with Crippen molar-refractivity contribution in [3.05, 3.63) is 41.5 Å². The van der Waals surface area contributed by atoms with Gasteiger partial charge in [0.25, 0.3) is 0 Å². The molecule has 3 aliphatic rings. The third-order valence-corrected chi connectivity index (χ3v) is 8.15. The van der Waals surface area contributed by atoms with Crippen molar-refractivity contribution in [2.75, 3.05) is 25.2 Å². The van der Waals surface area contributed by atoms with Gasteiger partial charge >= 0.3 is 0 Å². The van der Waals surface area contributed by atoms with Gasteiger partial charge in [-0.1, -0.05) is 63.6 Å². The minimum Gasteiger partial charge on any atom is -0.489 e. The highest BCUT2D eigenvalue weighted by Crippen LogP contribution is 2.45. The summed E-state index contributed by atoms with van der Waals surface area (Å²) in [6.45, 7) is 4.81. The summed E-state index contributed by atoms with van der Waals surface area (Å²) >= 11 is 0. The Morgan fingerprint density at radius 1 is 0.788 bits per heavy atom. The second-order valence-electron chi connectivity index (χ2n) is 10.6. The van der Waals surface area contributed by atoms with Crippen molar-refractivity contribution in [1.29, 1.82) is 0 Å². The quantitative estimate of drug-likeness (QED) is 0.432. The van der Waals surface area contributed by atoms with E-state index in [1.807, 2.05) is 0 Å². The van der Waals surface area contributed by atoms with Crippen LogP contribution in [-0.4, -0.2) is 20.3 Å². The Morgan fingerprint density at radius 3 is 2.00 bits per heavy atom. The number of anilines is 1. The standard InChI is InChI=1S/C30H41NO2/c1-3-24-15-10-16-26-27-18-29(33-21-23-13-8-5-9-14-23)28(17-25(27)19-31(2)30(24)26)32-20-22-11-6-4-7-12-22/h10,15-18,22-23H,3-9,11-14,19-21H2,1-2H3. The van der Waals surface area contributed by atoms with E-state index in [9.17, 15) is 0 Å². The van der Waals surface area contributed by atoms with Crippen LogP contribution in [0.15, 0.2) is 30.3 Å². The molecule has 0 bridgehead atoms. The monoisotopic (exact) mass is 447 g/mol. The lowest BCUT2D eigenvalue weighted by molar-refractivity contribution is 0.180. The molecule has 2 fully saturated rings. The fourth-order valence-corrected chi connectivity index (χ4v) is 6.21. The zero-order valence-electron chi connectivity index (χ0n) is 20.7. The summed E-state index contributed by atoms with van der Waals surface area (Å²) in [7, 11) is 2.22. The molecule has 0 atom stereocenters. The Bertz CT molecular complexity index is 941. The van der Waals surface area contributed by atoms with Crippen LogP contribution in [0, 0.1) is 11.8 Å². The van der Waals surface area contributed by atoms with Crippen molar-refractivity contribution in [3.8, 4) is 22.6 Å². The van der Waals surface area contributed by atoms with Gasteiger partial charge < -0.3 is 14.4 Å². The van der Waals surface area contributed by atoms with Gasteiger partial charge in [-0.3, -0.25) is 0 Å². The van der Waals surface area contributed by atoms with Gasteiger partial charge in [-0.2, -0.15) is 0 Å². The number of aryl methyl sites for hydroxylation is 1. The van der Waals surface area contributed by atoms with E-state index in [0.717, 1.165) is 37.7 Å². The predicted octanol–water partition coefficient (Wildman–Crippen LogP) is 7.78. The normalized spacial score (nSPS) is 19.2. The molecule has 2 aromatic rings. The third kappa shape index (κ3) is 5.03. The summed E-state index contributed by atoms with van der Waals surface area (Å²) in [6, 6.07) is 11.3. The largest absolute Gasteiger partial charge is 0.489 e. The Labute approximate surface area is 200 Å². The lowest BCUT2D eigenvalue weighted by atomic mass is 9.89. The first-order valence-corrected chi connectivity index (χ1v) is 13.5. The van der Waals surface area contributed by atoms with E-state index in [1.54, 1.807) is 0 Å². The van der Waals surface area contributed by atoms with Crippen molar-refractivity contribution in [3.63, 3.8) is 0 Å². The van der Waals surface area contributed by atoms with Gasteiger partial charge in [-0.25, -0.2) is 0 Å². The molecule has 3 nitrogen and oxygen atoms in total. The third-order valence-electron chi connectivity index (χ3n) is 8.15. The Hall–Kier alpha value is -2.16. The molecule has 5 rings (SSSR count). The van der Waals surface area contributed by atoms with Crippen LogP contribution in [0.25, 0.3) is 11.1 Å². The van der Waals surface area contributed by atoms with Gasteiger partial charge in [0.2, 0.25) is 0 Å². The summed E-state index contributed by atoms with van der Waals surface area (Å²) in [4.78, 5) is 2.41. The van der Waals surface area contributed by atoms with Gasteiger partial charge in [0.1, 0.15) is 0 Å². The Morgan fingerprint density at radius 2 is 1.39 bits per heavy atom. The molecule has 1 heterocycles. The van der Waals surface area contributed by atoms with Crippen LogP contribution in [-0.2, 0) is 13.0 Å². The lowest BCUT2D eigenvalue weighted by Crippen LogP contribution is -2.23. The summed E-state index contributed by atoms with van der Waals surface area (Å²) < 4.78 is 13.0. The van der Waals surface area contributed by atoms with Gasteiger partial charge in [0.05, 0.1) is 13.2 Å². The highest BCUT2D eigenvalue weighted by molar-refractivity contribution is 5.86. The number of ether oxygens (including phenoxy) is 2. The Balaban J connectivity index is 1.45. The van der Waals surface area contributed by atoms with Crippen molar-refractivity contribution < 1.29 is 9.47 Å². The van der Waals surface area contributed by atoms with Gasteiger partial charge in [-0.05, 0) is 72.8 Å². The Kier molecular flexibility index (Phi) is 7.13. The molecule has 3 heteroatoms. The molecule has 0 radical (unpaired) electrons. The van der Waals surface area contributed by atoms with E-state index in [4.69, 9.17) is 9.47 Å². The molecular weight excluding hydrogens is 406 g/mol. The first kappa shape index (κ1) is 22.6. The molecule has 0 saturated heterocycles. The van der Waals surface area contributed by atoms with Crippen molar-refractivity contribution in [1.82, 2.24) is 0 Å². The second-order valence-corrected chi connectivity index (χ2v) is 10.6. The minimum absolute atomic E-state index is 0.686. The maximum atomic E-state index is 6.54. The van der Waals surface area contributed by atoms with Gasteiger partial charge in [-0.15, -0.1) is 0 Å². The molecule has 33 heavy (non-hydrogen) atoms. The fraction of sp³-hybridized carbons (Fsp3) is 0.600. The highest BCUT2D eigenvalue weighted by atomic mass is 16.5. The number of fused-ring (bicyclic) bond motifs is 3. The van der Waals surface area contributed by atoms with Crippen LogP contribution in [0.5, 0.6) is 11.5 Å². The molecule has 2 aromatic carbocycles. The molecule has 178 valence electrons. The summed E-state index contributed by atoms with van der Waals surface area (Å²) in [5, 5.41) is 0. The van der Waals surface area contributed by atoms with Crippen LogP contribution < -0.4 is 14.4 Å². The van der Waals surface area contributed by atoms with Crippen molar-refractivity contribution >= 4 is 5.69 Å². The van der Waals surface area contributed by atoms with E-state index in [1.165, 1.54) is 92.1 Å². The molecule has 0 spiro atoms. The van der Waals surface area contributed by atoms with E-state index in [-0.39, 0.29) is 0 Å². The van der Waals surface area contributed by atoms with E-state index in [0.29, 0.717) is 11.8 Å². The summed E-state index contributed by atoms with van der Waals surface area (Å²) in [5.41, 5.74) is 6.80. The number of nitrogens with zero attached hydrogens (tertiary/aromatic N) is 1. The summed E-state index contributed by atoms with van der Waals surface area (Å²) in [6.07, 6.45) is 14.4. The zero-order chi connectivity index (χ0) is 22.6. The van der Waals surface area contributed by atoms with Crippen molar-refractivity contribution in [2.45, 2.75) is 84.1 Å². The molecule has 0 amide bonds. The number of hydrogen-bond acceptors (Lipinski definition) is 3. The molecule has 0 unspecified atom stereocenters. The van der Waals surface area contributed by atoms with Crippen molar-refractivity contribution in [2.24, 2.45) is 11.8 Å². The highest BCUT2D eigenvalue weighted by Gasteiger charge is 2.25. The topological polar surface area (TPSA) is 21.7 Å². The van der Waals surface area contributed by atoms with Crippen LogP contribution in [0.1, 0.15) is 82.3 Å². The first-order chi connectivity index (χ1) is 16.2. The maximum absolute atomic E-state index is 6.54. The number of hydrogen-bond donors (Lipinski definition) is 0. The predicted molar refractivity (Wildman–Crippen MR) is 138 cm³/mol. The zero-order valence-corrected chi connectivity index (χ0v) is 20.7. The number of para-hydroxylation sites is 1. The van der Waals surface area contributed by atoms with E-state index in [2.05, 4.69) is 49.2 Å². The second kappa shape index (κ2) is 10.4. The smallest absolute Gasteiger partial charge is 0.161 e. The average molecular weight is 448 g/mol. The lowest BCUT2D eigenvalue weighted by Gasteiger charge is -2.33. The van der Waals surface area contributed by atoms with E-state index >= 15 is 0 Å². The van der Waals surface area contributed by atoms with Crippen LogP contribution >= 0.6 is 0 Å². The molecule has 2 aliphatic carbocycles. The number of rotatable bonds is 7. The SMILES string of the molecule is CCc1cccc2c1N(C)Cc1cc(OCC3CCCCC3)c(OCC3CCCCC3)cc1-2.